The van der Waals surface area contributed by atoms with Gasteiger partial charge in [-0.15, -0.1) is 0 Å². The summed E-state index contributed by atoms with van der Waals surface area (Å²) in [5.41, 5.74) is 0. The van der Waals surface area contributed by atoms with Crippen LogP contribution in [0.25, 0.3) is 0 Å². The van der Waals surface area contributed by atoms with Crippen LogP contribution in [-0.2, 0) is 0 Å². The van der Waals surface area contributed by atoms with Crippen molar-refractivity contribution in [3.63, 3.8) is 0 Å². The summed E-state index contributed by atoms with van der Waals surface area (Å²) in [6.45, 7) is 2.10. The van der Waals surface area contributed by atoms with Crippen molar-refractivity contribution in [1.29, 1.82) is 0 Å². The summed E-state index contributed by atoms with van der Waals surface area (Å²) < 4.78 is 0. The Morgan fingerprint density at radius 1 is 1.16 bits per heavy atom. The van der Waals surface area contributed by atoms with Crippen LogP contribution in [0.15, 0.2) is 0 Å². The van der Waals surface area contributed by atoms with Gasteiger partial charge in [0, 0.05) is 31.9 Å². The number of hydrogen-bond donors (Lipinski definition) is 2. The molecule has 19 heavy (non-hydrogen) atoms. The normalized spacial score (nSPS) is 22.8. The van der Waals surface area contributed by atoms with Crippen molar-refractivity contribution >= 4 is 29.6 Å². The lowest BCUT2D eigenvalue weighted by molar-refractivity contribution is 0.790. The standard InChI is InChI=1S/C12H20N6S/c1-13-10-15-11(14-9-4-7-19-8-9)17-12(16-10)18-5-2-3-6-18/h9H,2-8H2,1H3,(H2,13,14,15,16,17). The molecule has 3 heterocycles. The molecule has 104 valence electrons. The van der Waals surface area contributed by atoms with Crippen molar-refractivity contribution in [3.05, 3.63) is 0 Å². The minimum Gasteiger partial charge on any atom is -0.357 e. The molecule has 3 rings (SSSR count). The lowest BCUT2D eigenvalue weighted by Crippen LogP contribution is -2.24. The van der Waals surface area contributed by atoms with Crippen LogP contribution < -0.4 is 15.5 Å². The van der Waals surface area contributed by atoms with E-state index in [-0.39, 0.29) is 0 Å². The molecule has 0 aromatic carbocycles. The fourth-order valence-electron chi connectivity index (χ4n) is 2.43. The molecule has 1 aromatic heterocycles. The number of hydrogen-bond acceptors (Lipinski definition) is 7. The lowest BCUT2D eigenvalue weighted by Gasteiger charge is -2.18. The molecule has 0 amide bonds. The van der Waals surface area contributed by atoms with Crippen LogP contribution in [0.2, 0.25) is 0 Å². The van der Waals surface area contributed by atoms with Crippen molar-refractivity contribution in [2.75, 3.05) is 47.2 Å². The Labute approximate surface area is 117 Å². The van der Waals surface area contributed by atoms with E-state index in [0.29, 0.717) is 17.9 Å². The largest absolute Gasteiger partial charge is 0.357 e. The number of anilines is 3. The summed E-state index contributed by atoms with van der Waals surface area (Å²) in [6.07, 6.45) is 3.63. The Bertz CT molecular complexity index is 428. The highest BCUT2D eigenvalue weighted by Crippen LogP contribution is 2.22. The third-order valence-corrected chi connectivity index (χ3v) is 4.66. The van der Waals surface area contributed by atoms with Gasteiger partial charge in [0.15, 0.2) is 0 Å². The van der Waals surface area contributed by atoms with Gasteiger partial charge in [0.1, 0.15) is 0 Å². The van der Waals surface area contributed by atoms with Gasteiger partial charge in [-0.3, -0.25) is 0 Å². The van der Waals surface area contributed by atoms with Gasteiger partial charge in [-0.05, 0) is 25.0 Å². The third kappa shape index (κ3) is 3.02. The molecular formula is C12H20N6S. The summed E-state index contributed by atoms with van der Waals surface area (Å²) >= 11 is 1.98. The average Bonchev–Trinajstić information content (AvgIpc) is 3.11. The molecule has 2 aliphatic rings. The summed E-state index contributed by atoms with van der Waals surface area (Å²) in [5, 5.41) is 6.45. The van der Waals surface area contributed by atoms with E-state index < -0.39 is 0 Å². The highest BCUT2D eigenvalue weighted by molar-refractivity contribution is 7.99. The van der Waals surface area contributed by atoms with Crippen molar-refractivity contribution in [3.8, 4) is 0 Å². The van der Waals surface area contributed by atoms with Crippen molar-refractivity contribution < 1.29 is 0 Å². The molecular weight excluding hydrogens is 260 g/mol. The maximum atomic E-state index is 4.57. The average molecular weight is 280 g/mol. The number of nitrogens with one attached hydrogen (secondary N) is 2. The Kier molecular flexibility index (Phi) is 3.91. The quantitative estimate of drug-likeness (QED) is 0.865. The lowest BCUT2D eigenvalue weighted by atomic mass is 10.3. The van der Waals surface area contributed by atoms with Crippen LogP contribution in [0, 0.1) is 0 Å². The topological polar surface area (TPSA) is 66.0 Å². The fraction of sp³-hybridized carbons (Fsp3) is 0.750. The van der Waals surface area contributed by atoms with E-state index in [9.17, 15) is 0 Å². The second-order valence-corrected chi connectivity index (χ2v) is 6.08. The number of aromatic nitrogens is 3. The number of thioether (sulfide) groups is 1. The first-order valence-electron chi connectivity index (χ1n) is 6.88. The van der Waals surface area contributed by atoms with Crippen LogP contribution in [0.4, 0.5) is 17.8 Å². The van der Waals surface area contributed by atoms with E-state index in [1.807, 2.05) is 18.8 Å². The molecule has 0 radical (unpaired) electrons. The SMILES string of the molecule is CNc1nc(NC2CCSC2)nc(N2CCCC2)n1. The van der Waals surface area contributed by atoms with Crippen LogP contribution in [-0.4, -0.2) is 52.6 Å². The summed E-state index contributed by atoms with van der Waals surface area (Å²) in [6, 6.07) is 0.489. The zero-order valence-electron chi connectivity index (χ0n) is 11.2. The maximum absolute atomic E-state index is 4.57. The first kappa shape index (κ1) is 12.8. The fourth-order valence-corrected chi connectivity index (χ4v) is 3.58. The van der Waals surface area contributed by atoms with Gasteiger partial charge >= 0.3 is 0 Å². The molecule has 7 heteroatoms. The van der Waals surface area contributed by atoms with E-state index in [1.165, 1.54) is 25.0 Å². The minimum atomic E-state index is 0.489. The first-order chi connectivity index (χ1) is 9.35. The zero-order valence-corrected chi connectivity index (χ0v) is 12.0. The predicted molar refractivity (Wildman–Crippen MR) is 80.2 cm³/mol. The predicted octanol–water partition coefficient (Wildman–Crippen LogP) is 1.43. The molecule has 6 nitrogen and oxygen atoms in total. The maximum Gasteiger partial charge on any atom is 0.231 e. The Morgan fingerprint density at radius 3 is 2.63 bits per heavy atom. The summed E-state index contributed by atoms with van der Waals surface area (Å²) in [4.78, 5) is 15.7. The smallest absolute Gasteiger partial charge is 0.231 e. The van der Waals surface area contributed by atoms with Crippen molar-refractivity contribution in [2.24, 2.45) is 0 Å². The van der Waals surface area contributed by atoms with Gasteiger partial charge in [0.25, 0.3) is 0 Å². The molecule has 1 atom stereocenters. The van der Waals surface area contributed by atoms with Gasteiger partial charge < -0.3 is 15.5 Å². The molecule has 0 aliphatic carbocycles. The van der Waals surface area contributed by atoms with Crippen LogP contribution in [0.3, 0.4) is 0 Å². The van der Waals surface area contributed by atoms with Crippen LogP contribution in [0.5, 0.6) is 0 Å². The van der Waals surface area contributed by atoms with Gasteiger partial charge in [0.05, 0.1) is 0 Å². The second-order valence-electron chi connectivity index (χ2n) is 4.93. The summed E-state index contributed by atoms with van der Waals surface area (Å²) in [5.74, 6) is 4.50. The molecule has 2 fully saturated rings. The number of nitrogens with zero attached hydrogens (tertiary/aromatic N) is 4. The molecule has 1 unspecified atom stereocenters. The molecule has 0 spiro atoms. The van der Waals surface area contributed by atoms with E-state index in [1.54, 1.807) is 0 Å². The molecule has 0 saturated carbocycles. The Hall–Kier alpha value is -1.24. The van der Waals surface area contributed by atoms with E-state index >= 15 is 0 Å². The summed E-state index contributed by atoms with van der Waals surface area (Å²) in [7, 11) is 1.85. The molecule has 2 N–H and O–H groups in total. The van der Waals surface area contributed by atoms with Crippen molar-refractivity contribution in [2.45, 2.75) is 25.3 Å². The van der Waals surface area contributed by atoms with Crippen LogP contribution in [0.1, 0.15) is 19.3 Å². The molecule has 2 aliphatic heterocycles. The number of rotatable bonds is 4. The third-order valence-electron chi connectivity index (χ3n) is 3.50. The van der Waals surface area contributed by atoms with Gasteiger partial charge in [-0.2, -0.15) is 26.7 Å². The minimum absolute atomic E-state index is 0.489. The van der Waals surface area contributed by atoms with E-state index in [0.717, 1.165) is 24.8 Å². The molecule has 2 saturated heterocycles. The van der Waals surface area contributed by atoms with Gasteiger partial charge in [0.2, 0.25) is 17.8 Å². The monoisotopic (exact) mass is 280 g/mol. The Morgan fingerprint density at radius 2 is 1.95 bits per heavy atom. The van der Waals surface area contributed by atoms with Gasteiger partial charge in [-0.25, -0.2) is 0 Å². The van der Waals surface area contributed by atoms with Crippen molar-refractivity contribution in [1.82, 2.24) is 15.0 Å². The van der Waals surface area contributed by atoms with Crippen LogP contribution >= 0.6 is 11.8 Å². The highest BCUT2D eigenvalue weighted by Gasteiger charge is 2.20. The molecule has 0 bridgehead atoms. The second kappa shape index (κ2) is 5.81. The van der Waals surface area contributed by atoms with Gasteiger partial charge in [-0.1, -0.05) is 0 Å². The molecule has 1 aromatic rings. The van der Waals surface area contributed by atoms with E-state index in [4.69, 9.17) is 0 Å². The first-order valence-corrected chi connectivity index (χ1v) is 8.03. The zero-order chi connectivity index (χ0) is 13.1. The highest BCUT2D eigenvalue weighted by atomic mass is 32.2. The Balaban J connectivity index is 1.79. The van der Waals surface area contributed by atoms with E-state index in [2.05, 4.69) is 30.5 Å².